The van der Waals surface area contributed by atoms with Crippen molar-refractivity contribution in [1.82, 2.24) is 0 Å². The molecule has 0 saturated heterocycles. The molecule has 1 aromatic carbocycles. The number of carbonyl (C=O) groups excluding carboxylic acids is 1. The van der Waals surface area contributed by atoms with Crippen LogP contribution in [0.1, 0.15) is 18.9 Å². The van der Waals surface area contributed by atoms with Crippen LogP contribution in [0.4, 0.5) is 5.69 Å². The number of benzene rings is 1. The Kier molecular flexibility index (Phi) is 4.69. The molecule has 0 aliphatic heterocycles. The molecule has 0 atom stereocenters. The topological polar surface area (TPSA) is 47.9 Å². The number of rotatable bonds is 4. The molecule has 92 valence electrons. The summed E-state index contributed by atoms with van der Waals surface area (Å²) in [6.45, 7) is 3.74. The number of esters is 1. The summed E-state index contributed by atoms with van der Waals surface area (Å²) in [6.07, 6.45) is 0.202. The third-order valence-electron chi connectivity index (χ3n) is 2.41. The molecule has 0 N–H and O–H groups in total. The highest BCUT2D eigenvalue weighted by Gasteiger charge is 2.06. The van der Waals surface area contributed by atoms with Crippen molar-refractivity contribution >= 4 is 17.4 Å². The number of methoxy groups -OCH3 is 2. The van der Waals surface area contributed by atoms with Gasteiger partial charge >= 0.3 is 5.97 Å². The Morgan fingerprint density at radius 3 is 2.65 bits per heavy atom. The van der Waals surface area contributed by atoms with Gasteiger partial charge in [-0.15, -0.1) is 0 Å². The van der Waals surface area contributed by atoms with Gasteiger partial charge in [0.05, 0.1) is 26.3 Å². The summed E-state index contributed by atoms with van der Waals surface area (Å²) in [6, 6.07) is 5.64. The Bertz CT molecular complexity index is 438. The van der Waals surface area contributed by atoms with Crippen molar-refractivity contribution in [2.24, 2.45) is 4.99 Å². The fourth-order valence-electron chi connectivity index (χ4n) is 1.47. The summed E-state index contributed by atoms with van der Waals surface area (Å²) in [5.74, 6) is 0.504. The molecule has 0 radical (unpaired) electrons. The van der Waals surface area contributed by atoms with E-state index < -0.39 is 0 Å². The van der Waals surface area contributed by atoms with Crippen LogP contribution in [0, 0.1) is 6.92 Å². The van der Waals surface area contributed by atoms with Gasteiger partial charge in [-0.1, -0.05) is 6.07 Å². The van der Waals surface area contributed by atoms with Crippen LogP contribution >= 0.6 is 0 Å². The minimum absolute atomic E-state index is 0.202. The first-order valence-corrected chi connectivity index (χ1v) is 5.33. The summed E-state index contributed by atoms with van der Waals surface area (Å²) in [5, 5.41) is 0. The minimum atomic E-state index is -0.285. The van der Waals surface area contributed by atoms with E-state index in [1.165, 1.54) is 7.11 Å². The first-order chi connectivity index (χ1) is 8.08. The maximum atomic E-state index is 11.1. The highest BCUT2D eigenvalue weighted by molar-refractivity contribution is 5.98. The molecule has 0 aliphatic rings. The third kappa shape index (κ3) is 3.59. The maximum absolute atomic E-state index is 11.1. The van der Waals surface area contributed by atoms with Gasteiger partial charge in [-0.2, -0.15) is 0 Å². The Labute approximate surface area is 101 Å². The molecule has 1 aromatic rings. The number of hydrogen-bond donors (Lipinski definition) is 0. The van der Waals surface area contributed by atoms with Crippen LogP contribution < -0.4 is 4.74 Å². The van der Waals surface area contributed by atoms with Crippen LogP contribution in [0.15, 0.2) is 23.2 Å². The van der Waals surface area contributed by atoms with E-state index in [4.69, 9.17) is 4.74 Å². The van der Waals surface area contributed by atoms with Crippen molar-refractivity contribution in [3.05, 3.63) is 23.8 Å². The van der Waals surface area contributed by atoms with Crippen molar-refractivity contribution < 1.29 is 14.3 Å². The lowest BCUT2D eigenvalue weighted by atomic mass is 10.2. The third-order valence-corrected chi connectivity index (χ3v) is 2.41. The lowest BCUT2D eigenvalue weighted by Gasteiger charge is -2.07. The molecule has 0 spiro atoms. The van der Waals surface area contributed by atoms with Crippen LogP contribution in [0.2, 0.25) is 0 Å². The summed E-state index contributed by atoms with van der Waals surface area (Å²) >= 11 is 0. The van der Waals surface area contributed by atoms with Gasteiger partial charge in [0.15, 0.2) is 0 Å². The summed E-state index contributed by atoms with van der Waals surface area (Å²) in [5.41, 5.74) is 2.48. The van der Waals surface area contributed by atoms with Gasteiger partial charge in [-0.3, -0.25) is 9.79 Å². The lowest BCUT2D eigenvalue weighted by molar-refractivity contribution is -0.139. The van der Waals surface area contributed by atoms with Crippen molar-refractivity contribution in [3.8, 4) is 5.75 Å². The average Bonchev–Trinajstić information content (AvgIpc) is 2.31. The fourth-order valence-corrected chi connectivity index (χ4v) is 1.47. The molecular weight excluding hydrogens is 218 g/mol. The normalized spacial score (nSPS) is 11.2. The summed E-state index contributed by atoms with van der Waals surface area (Å²) < 4.78 is 9.80. The van der Waals surface area contributed by atoms with E-state index in [9.17, 15) is 4.79 Å². The molecule has 0 saturated carbocycles. The van der Waals surface area contributed by atoms with Crippen molar-refractivity contribution in [3.63, 3.8) is 0 Å². The molecule has 0 bridgehead atoms. The molecule has 0 fully saturated rings. The van der Waals surface area contributed by atoms with Gasteiger partial charge in [0, 0.05) is 11.3 Å². The van der Waals surface area contributed by atoms with Crippen LogP contribution in [0.25, 0.3) is 0 Å². The second-order valence-corrected chi connectivity index (χ2v) is 3.70. The largest absolute Gasteiger partial charge is 0.496 e. The van der Waals surface area contributed by atoms with Crippen LogP contribution in [-0.4, -0.2) is 25.9 Å². The summed E-state index contributed by atoms with van der Waals surface area (Å²) in [7, 11) is 2.99. The standard InChI is InChI=1S/C13H17NO3/c1-9(8-13(15)17-4)14-11-6-5-7-12(16-3)10(11)2/h5-7H,8H2,1-4H3. The van der Waals surface area contributed by atoms with Gasteiger partial charge in [0.1, 0.15) is 5.75 Å². The number of carbonyl (C=O) groups is 1. The highest BCUT2D eigenvalue weighted by Crippen LogP contribution is 2.27. The monoisotopic (exact) mass is 235 g/mol. The second kappa shape index (κ2) is 6.03. The van der Waals surface area contributed by atoms with Gasteiger partial charge in [0.2, 0.25) is 0 Å². The van der Waals surface area contributed by atoms with E-state index in [2.05, 4.69) is 9.73 Å². The van der Waals surface area contributed by atoms with E-state index in [1.54, 1.807) is 14.0 Å². The predicted octanol–water partition coefficient (Wildman–Crippen LogP) is 2.66. The first-order valence-electron chi connectivity index (χ1n) is 5.33. The first kappa shape index (κ1) is 13.2. The molecule has 4 nitrogen and oxygen atoms in total. The van der Waals surface area contributed by atoms with Crippen LogP contribution in [-0.2, 0) is 9.53 Å². The molecule has 0 heterocycles. The molecule has 0 aliphatic carbocycles. The zero-order valence-corrected chi connectivity index (χ0v) is 10.6. The quantitative estimate of drug-likeness (QED) is 0.595. The average molecular weight is 235 g/mol. The highest BCUT2D eigenvalue weighted by atomic mass is 16.5. The zero-order chi connectivity index (χ0) is 12.8. The predicted molar refractivity (Wildman–Crippen MR) is 67.1 cm³/mol. The van der Waals surface area contributed by atoms with Gasteiger partial charge in [-0.25, -0.2) is 0 Å². The van der Waals surface area contributed by atoms with Crippen molar-refractivity contribution in [2.75, 3.05) is 14.2 Å². The number of aliphatic imine (C=N–C) groups is 1. The van der Waals surface area contributed by atoms with E-state index in [0.29, 0.717) is 5.71 Å². The van der Waals surface area contributed by atoms with Gasteiger partial charge in [-0.05, 0) is 26.0 Å². The molecule has 0 amide bonds. The summed E-state index contributed by atoms with van der Waals surface area (Å²) in [4.78, 5) is 15.5. The van der Waals surface area contributed by atoms with E-state index >= 15 is 0 Å². The van der Waals surface area contributed by atoms with Crippen LogP contribution in [0.5, 0.6) is 5.75 Å². The van der Waals surface area contributed by atoms with Crippen molar-refractivity contribution in [2.45, 2.75) is 20.3 Å². The van der Waals surface area contributed by atoms with Gasteiger partial charge in [0.25, 0.3) is 0 Å². The molecule has 0 aromatic heterocycles. The molecular formula is C13H17NO3. The fraction of sp³-hybridized carbons (Fsp3) is 0.385. The minimum Gasteiger partial charge on any atom is -0.496 e. The van der Waals surface area contributed by atoms with E-state index in [0.717, 1.165) is 17.0 Å². The lowest BCUT2D eigenvalue weighted by Crippen LogP contribution is -2.06. The number of hydrogen-bond acceptors (Lipinski definition) is 4. The Hall–Kier alpha value is -1.84. The molecule has 4 heteroatoms. The van der Waals surface area contributed by atoms with Gasteiger partial charge < -0.3 is 9.47 Å². The Balaban J connectivity index is 2.94. The second-order valence-electron chi connectivity index (χ2n) is 3.70. The number of ether oxygens (including phenoxy) is 2. The Morgan fingerprint density at radius 2 is 2.06 bits per heavy atom. The van der Waals surface area contributed by atoms with E-state index in [-0.39, 0.29) is 12.4 Å². The Morgan fingerprint density at radius 1 is 1.35 bits per heavy atom. The smallest absolute Gasteiger partial charge is 0.311 e. The van der Waals surface area contributed by atoms with Crippen LogP contribution in [0.3, 0.4) is 0 Å². The SMILES string of the molecule is COC(=O)CC(C)=Nc1cccc(OC)c1C. The maximum Gasteiger partial charge on any atom is 0.311 e. The molecule has 17 heavy (non-hydrogen) atoms. The molecule has 1 rings (SSSR count). The molecule has 0 unspecified atom stereocenters. The zero-order valence-electron chi connectivity index (χ0n) is 10.6. The number of nitrogens with zero attached hydrogens (tertiary/aromatic N) is 1. The van der Waals surface area contributed by atoms with E-state index in [1.807, 2.05) is 25.1 Å². The van der Waals surface area contributed by atoms with Crippen molar-refractivity contribution in [1.29, 1.82) is 0 Å².